The third-order valence-corrected chi connectivity index (χ3v) is 3.47. The number of halogens is 7. The van der Waals surface area contributed by atoms with Crippen LogP contribution in [0.4, 0.5) is 30.7 Å². The van der Waals surface area contributed by atoms with E-state index in [1.165, 1.54) is 24.3 Å². The molecule has 1 unspecified atom stereocenters. The van der Waals surface area contributed by atoms with Crippen molar-refractivity contribution >= 4 is 0 Å². The molecule has 126 valence electrons. The molecule has 1 atom stereocenters. The highest BCUT2D eigenvalue weighted by atomic mass is 19.4. The Morgan fingerprint density at radius 3 is 1.59 bits per heavy atom. The zero-order valence-electron chi connectivity index (χ0n) is 11.8. The molecule has 0 radical (unpaired) electrons. The standard InChI is InChI=1S/C14H15F7O/c1-3-9-4-6-10(7-5-9)11(2,22)8-12(15,13(16,17)18)14(19,20)21/h4-7,22H,3,8H2,1-2H3. The smallest absolute Gasteiger partial charge is 0.385 e. The van der Waals surface area contributed by atoms with Crippen molar-refractivity contribution in [3.63, 3.8) is 0 Å². The van der Waals surface area contributed by atoms with Crippen LogP contribution in [0.1, 0.15) is 31.4 Å². The first-order valence-electron chi connectivity index (χ1n) is 6.39. The largest absolute Gasteiger partial charge is 0.431 e. The maximum atomic E-state index is 13.7. The van der Waals surface area contributed by atoms with Crippen LogP contribution >= 0.6 is 0 Å². The van der Waals surface area contributed by atoms with Gasteiger partial charge in [0.2, 0.25) is 0 Å². The third kappa shape index (κ3) is 3.53. The lowest BCUT2D eigenvalue weighted by molar-refractivity contribution is -0.352. The summed E-state index contributed by atoms with van der Waals surface area (Å²) in [5.41, 5.74) is -7.57. The van der Waals surface area contributed by atoms with E-state index in [4.69, 9.17) is 0 Å². The lowest BCUT2D eigenvalue weighted by Gasteiger charge is -2.36. The molecule has 0 spiro atoms. The average Bonchev–Trinajstić information content (AvgIpc) is 2.35. The van der Waals surface area contributed by atoms with Crippen molar-refractivity contribution in [3.05, 3.63) is 35.4 Å². The zero-order chi connectivity index (χ0) is 17.4. The normalized spacial score (nSPS) is 16.5. The Bertz CT molecular complexity index is 485. The molecule has 1 aromatic carbocycles. The van der Waals surface area contributed by atoms with Gasteiger partial charge < -0.3 is 5.11 Å². The number of hydrogen-bond donors (Lipinski definition) is 1. The van der Waals surface area contributed by atoms with E-state index in [1.807, 2.05) is 0 Å². The highest BCUT2D eigenvalue weighted by Crippen LogP contribution is 2.51. The Morgan fingerprint density at radius 2 is 1.27 bits per heavy atom. The molecule has 1 nitrogen and oxygen atoms in total. The molecule has 0 saturated carbocycles. The van der Waals surface area contributed by atoms with Crippen molar-refractivity contribution in [2.24, 2.45) is 0 Å². The molecule has 0 aliphatic heterocycles. The van der Waals surface area contributed by atoms with Crippen molar-refractivity contribution in [2.45, 2.75) is 50.3 Å². The monoisotopic (exact) mass is 332 g/mol. The predicted octanol–water partition coefficient (Wildman–Crippen LogP) is 4.68. The second-order valence-corrected chi connectivity index (χ2v) is 5.30. The fourth-order valence-electron chi connectivity index (χ4n) is 2.04. The molecule has 0 aliphatic carbocycles. The molecule has 0 aliphatic rings. The SMILES string of the molecule is CCc1ccc(C(C)(O)CC(F)(C(F)(F)F)C(F)(F)F)cc1. The lowest BCUT2D eigenvalue weighted by Crippen LogP contribution is -2.56. The molecule has 1 aromatic rings. The van der Waals surface area contributed by atoms with Crippen LogP contribution in [-0.2, 0) is 12.0 Å². The topological polar surface area (TPSA) is 20.2 Å². The second kappa shape index (κ2) is 5.72. The molecule has 0 aromatic heterocycles. The molecular formula is C14H15F7O. The molecule has 0 amide bonds. The summed E-state index contributed by atoms with van der Waals surface area (Å²) in [5.74, 6) is 0. The summed E-state index contributed by atoms with van der Waals surface area (Å²) in [5, 5.41) is 9.97. The molecule has 8 heteroatoms. The maximum Gasteiger partial charge on any atom is 0.431 e. The van der Waals surface area contributed by atoms with Crippen LogP contribution in [0.25, 0.3) is 0 Å². The van der Waals surface area contributed by atoms with Gasteiger partial charge in [0, 0.05) is 6.42 Å². The van der Waals surface area contributed by atoms with Gasteiger partial charge in [-0.05, 0) is 24.5 Å². The van der Waals surface area contributed by atoms with Crippen LogP contribution in [0.5, 0.6) is 0 Å². The van der Waals surface area contributed by atoms with Crippen molar-refractivity contribution in [1.82, 2.24) is 0 Å². The van der Waals surface area contributed by atoms with E-state index in [9.17, 15) is 35.8 Å². The summed E-state index contributed by atoms with van der Waals surface area (Å²) < 4.78 is 89.1. The Kier molecular flexibility index (Phi) is 4.87. The number of aryl methyl sites for hydroxylation is 1. The highest BCUT2D eigenvalue weighted by molar-refractivity contribution is 5.27. The molecule has 0 bridgehead atoms. The fourth-order valence-corrected chi connectivity index (χ4v) is 2.04. The van der Waals surface area contributed by atoms with Gasteiger partial charge >= 0.3 is 18.0 Å². The summed E-state index contributed by atoms with van der Waals surface area (Å²) in [4.78, 5) is 0. The van der Waals surface area contributed by atoms with Crippen molar-refractivity contribution in [2.75, 3.05) is 0 Å². The van der Waals surface area contributed by atoms with Crippen molar-refractivity contribution in [1.29, 1.82) is 0 Å². The quantitative estimate of drug-likeness (QED) is 0.794. The van der Waals surface area contributed by atoms with E-state index in [2.05, 4.69) is 0 Å². The van der Waals surface area contributed by atoms with Crippen LogP contribution in [0.3, 0.4) is 0 Å². The van der Waals surface area contributed by atoms with E-state index in [-0.39, 0.29) is 5.56 Å². The molecule has 22 heavy (non-hydrogen) atoms. The number of rotatable bonds is 4. The minimum Gasteiger partial charge on any atom is -0.385 e. The predicted molar refractivity (Wildman–Crippen MR) is 66.0 cm³/mol. The first kappa shape index (κ1) is 18.7. The minimum absolute atomic E-state index is 0.222. The molecule has 0 saturated heterocycles. The molecular weight excluding hydrogens is 317 g/mol. The maximum absolute atomic E-state index is 13.7. The summed E-state index contributed by atoms with van der Waals surface area (Å²) >= 11 is 0. The van der Waals surface area contributed by atoms with E-state index < -0.39 is 30.0 Å². The first-order chi connectivity index (χ1) is 9.74. The molecule has 0 fully saturated rings. The van der Waals surface area contributed by atoms with Gasteiger partial charge in [-0.15, -0.1) is 0 Å². The third-order valence-electron chi connectivity index (χ3n) is 3.47. The highest BCUT2D eigenvalue weighted by Gasteiger charge is 2.73. The number of benzene rings is 1. The van der Waals surface area contributed by atoms with Gasteiger partial charge in [0.05, 0.1) is 5.60 Å². The van der Waals surface area contributed by atoms with Gasteiger partial charge in [0.15, 0.2) is 0 Å². The molecule has 1 N–H and O–H groups in total. The number of aliphatic hydroxyl groups is 1. The molecule has 0 heterocycles. The Labute approximate surface area is 122 Å². The van der Waals surface area contributed by atoms with Gasteiger partial charge in [0.1, 0.15) is 0 Å². The van der Waals surface area contributed by atoms with Gasteiger partial charge in [-0.3, -0.25) is 0 Å². The van der Waals surface area contributed by atoms with Gasteiger partial charge in [-0.1, -0.05) is 31.2 Å². The minimum atomic E-state index is -6.18. The van der Waals surface area contributed by atoms with Gasteiger partial charge in [0.25, 0.3) is 0 Å². The van der Waals surface area contributed by atoms with E-state index in [1.54, 1.807) is 6.92 Å². The average molecular weight is 332 g/mol. The Morgan fingerprint density at radius 1 is 0.864 bits per heavy atom. The van der Waals surface area contributed by atoms with E-state index in [0.29, 0.717) is 6.42 Å². The van der Waals surface area contributed by atoms with Crippen LogP contribution in [0.2, 0.25) is 0 Å². The van der Waals surface area contributed by atoms with Gasteiger partial charge in [-0.2, -0.15) is 26.3 Å². The number of alkyl halides is 7. The van der Waals surface area contributed by atoms with Crippen LogP contribution in [0, 0.1) is 0 Å². The Balaban J connectivity index is 3.20. The number of hydrogen-bond acceptors (Lipinski definition) is 1. The second-order valence-electron chi connectivity index (χ2n) is 5.30. The summed E-state index contributed by atoms with van der Waals surface area (Å²) in [6.45, 7) is 2.52. The first-order valence-corrected chi connectivity index (χ1v) is 6.39. The van der Waals surface area contributed by atoms with E-state index >= 15 is 0 Å². The van der Waals surface area contributed by atoms with Crippen LogP contribution in [0.15, 0.2) is 24.3 Å². The summed E-state index contributed by atoms with van der Waals surface area (Å²) in [7, 11) is 0. The van der Waals surface area contributed by atoms with Gasteiger partial charge in [-0.25, -0.2) is 4.39 Å². The summed E-state index contributed by atoms with van der Waals surface area (Å²) in [6.07, 6.45) is -13.9. The van der Waals surface area contributed by atoms with Crippen LogP contribution < -0.4 is 0 Å². The fraction of sp³-hybridized carbons (Fsp3) is 0.571. The zero-order valence-corrected chi connectivity index (χ0v) is 11.8. The Hall–Kier alpha value is -1.31. The van der Waals surface area contributed by atoms with Crippen molar-refractivity contribution < 1.29 is 35.8 Å². The van der Waals surface area contributed by atoms with E-state index in [0.717, 1.165) is 12.5 Å². The lowest BCUT2D eigenvalue weighted by atomic mass is 9.83. The van der Waals surface area contributed by atoms with Crippen LogP contribution in [-0.4, -0.2) is 23.1 Å². The molecule has 1 rings (SSSR count). The van der Waals surface area contributed by atoms with Crippen molar-refractivity contribution in [3.8, 4) is 0 Å². The summed E-state index contributed by atoms with van der Waals surface area (Å²) in [6, 6.07) is 5.27.